The van der Waals surface area contributed by atoms with Crippen LogP contribution in [0.5, 0.6) is 5.75 Å². The number of nitrogens with one attached hydrogen (secondary N) is 1. The van der Waals surface area contributed by atoms with Crippen molar-refractivity contribution in [1.29, 1.82) is 0 Å². The second-order valence-electron chi connectivity index (χ2n) is 8.23. The Balaban J connectivity index is 2.34. The van der Waals surface area contributed by atoms with Gasteiger partial charge in [0.25, 0.3) is 0 Å². The van der Waals surface area contributed by atoms with Gasteiger partial charge in [-0.25, -0.2) is 8.42 Å². The van der Waals surface area contributed by atoms with Gasteiger partial charge >= 0.3 is 0 Å². The van der Waals surface area contributed by atoms with E-state index in [-0.39, 0.29) is 23.9 Å². The van der Waals surface area contributed by atoms with Gasteiger partial charge in [-0.1, -0.05) is 55.3 Å². The smallest absolute Gasteiger partial charge is 0.244 e. The fraction of sp³-hybridized carbons (Fsp3) is 0.440. The molecule has 0 saturated heterocycles. The Hall–Kier alpha value is -2.78. The average Bonchev–Trinajstić information content (AvgIpc) is 2.82. The van der Waals surface area contributed by atoms with E-state index in [9.17, 15) is 18.0 Å². The van der Waals surface area contributed by atoms with Crippen LogP contribution in [0.15, 0.2) is 48.5 Å². The molecule has 10 heteroatoms. The molecule has 0 heterocycles. The van der Waals surface area contributed by atoms with Crippen LogP contribution in [0.2, 0.25) is 5.02 Å². The summed E-state index contributed by atoms with van der Waals surface area (Å²) in [6.07, 6.45) is 3.28. The first-order chi connectivity index (χ1) is 16.6. The number of unbranched alkanes of at least 4 members (excludes halogenated alkanes) is 1. The molecule has 2 aromatic carbocycles. The second kappa shape index (κ2) is 13.3. The van der Waals surface area contributed by atoms with Crippen molar-refractivity contribution in [2.24, 2.45) is 0 Å². The molecule has 2 amide bonds. The first-order valence-electron chi connectivity index (χ1n) is 11.5. The van der Waals surface area contributed by atoms with Crippen LogP contribution in [0.4, 0.5) is 5.69 Å². The molecule has 0 fully saturated rings. The van der Waals surface area contributed by atoms with Gasteiger partial charge in [-0.15, -0.1) is 0 Å². The van der Waals surface area contributed by atoms with Gasteiger partial charge in [0.1, 0.15) is 18.3 Å². The summed E-state index contributed by atoms with van der Waals surface area (Å²) >= 11 is 6.11. The second-order valence-corrected chi connectivity index (χ2v) is 10.6. The normalized spacial score (nSPS) is 12.0. The van der Waals surface area contributed by atoms with Crippen LogP contribution < -0.4 is 14.4 Å². The molecule has 0 aliphatic carbocycles. The molecule has 8 nitrogen and oxygen atoms in total. The molecular weight excluding hydrogens is 490 g/mol. The van der Waals surface area contributed by atoms with Gasteiger partial charge in [0.2, 0.25) is 21.8 Å². The molecule has 0 saturated carbocycles. The molecule has 0 radical (unpaired) electrons. The standard InChI is InChI=1S/C25H34ClN3O5S/c1-5-6-15-27-25(31)19(2)28(16-14-20-10-8-7-9-11-20)24(30)18-29(35(4,32)33)22-17-21(26)12-13-23(22)34-3/h7-13,17,19H,5-6,14-16,18H2,1-4H3,(H,27,31). The number of rotatable bonds is 13. The van der Waals surface area contributed by atoms with E-state index in [2.05, 4.69) is 5.32 Å². The highest BCUT2D eigenvalue weighted by molar-refractivity contribution is 7.92. The number of hydrogen-bond donors (Lipinski definition) is 1. The maximum absolute atomic E-state index is 13.5. The Kier molecular flexibility index (Phi) is 10.9. The summed E-state index contributed by atoms with van der Waals surface area (Å²) in [5, 5.41) is 3.15. The molecule has 0 spiro atoms. The van der Waals surface area contributed by atoms with Crippen LogP contribution in [-0.4, -0.2) is 64.2 Å². The highest BCUT2D eigenvalue weighted by atomic mass is 35.5. The lowest BCUT2D eigenvalue weighted by Gasteiger charge is -2.32. The minimum absolute atomic E-state index is 0.152. The largest absolute Gasteiger partial charge is 0.495 e. The molecule has 0 aliphatic heterocycles. The average molecular weight is 524 g/mol. The molecule has 0 aromatic heterocycles. The van der Waals surface area contributed by atoms with Gasteiger partial charge in [0.05, 0.1) is 19.1 Å². The van der Waals surface area contributed by atoms with Crippen LogP contribution in [-0.2, 0) is 26.0 Å². The molecule has 1 N–H and O–H groups in total. The van der Waals surface area contributed by atoms with E-state index >= 15 is 0 Å². The zero-order chi connectivity index (χ0) is 26.0. The minimum Gasteiger partial charge on any atom is -0.495 e. The number of ether oxygens (including phenoxy) is 1. The SMILES string of the molecule is CCCCNC(=O)C(C)N(CCc1ccccc1)C(=O)CN(c1cc(Cl)ccc1OC)S(C)(=O)=O. The van der Waals surface area contributed by atoms with Crippen molar-refractivity contribution >= 4 is 39.1 Å². The topological polar surface area (TPSA) is 96.0 Å². The zero-order valence-electron chi connectivity index (χ0n) is 20.7. The number of methoxy groups -OCH3 is 1. The molecule has 2 aromatic rings. The Morgan fingerprint density at radius 3 is 2.43 bits per heavy atom. The lowest BCUT2D eigenvalue weighted by Crippen LogP contribution is -2.52. The van der Waals surface area contributed by atoms with E-state index in [1.807, 2.05) is 37.3 Å². The maximum atomic E-state index is 13.5. The number of anilines is 1. The highest BCUT2D eigenvalue weighted by Gasteiger charge is 2.31. The van der Waals surface area contributed by atoms with Crippen molar-refractivity contribution < 1.29 is 22.7 Å². The van der Waals surface area contributed by atoms with Crippen molar-refractivity contribution in [3.05, 3.63) is 59.1 Å². The molecule has 2 rings (SSSR count). The summed E-state index contributed by atoms with van der Waals surface area (Å²) in [5.41, 5.74) is 1.15. The Morgan fingerprint density at radius 2 is 1.83 bits per heavy atom. The number of benzene rings is 2. The number of amides is 2. The van der Waals surface area contributed by atoms with E-state index in [4.69, 9.17) is 16.3 Å². The predicted molar refractivity (Wildman–Crippen MR) is 139 cm³/mol. The van der Waals surface area contributed by atoms with Crippen LogP contribution in [0.1, 0.15) is 32.3 Å². The van der Waals surface area contributed by atoms with Crippen LogP contribution >= 0.6 is 11.6 Å². The Labute approximate surface area is 213 Å². The number of nitrogens with zero attached hydrogens (tertiary/aromatic N) is 2. The van der Waals surface area contributed by atoms with Crippen molar-refractivity contribution in [3.8, 4) is 5.75 Å². The molecule has 1 unspecified atom stereocenters. The molecule has 192 valence electrons. The van der Waals surface area contributed by atoms with Gasteiger partial charge in [0.15, 0.2) is 0 Å². The lowest BCUT2D eigenvalue weighted by molar-refractivity contribution is -0.138. The van der Waals surface area contributed by atoms with Crippen molar-refractivity contribution in [2.45, 2.75) is 39.2 Å². The van der Waals surface area contributed by atoms with E-state index < -0.39 is 28.5 Å². The van der Waals surface area contributed by atoms with Crippen LogP contribution in [0, 0.1) is 0 Å². The maximum Gasteiger partial charge on any atom is 0.244 e. The quantitative estimate of drug-likeness (QED) is 0.405. The summed E-state index contributed by atoms with van der Waals surface area (Å²) in [5.74, 6) is -0.536. The zero-order valence-corrected chi connectivity index (χ0v) is 22.2. The van der Waals surface area contributed by atoms with E-state index in [0.29, 0.717) is 18.0 Å². The minimum atomic E-state index is -3.88. The summed E-state index contributed by atoms with van der Waals surface area (Å²) in [7, 11) is -2.47. The highest BCUT2D eigenvalue weighted by Crippen LogP contribution is 2.32. The Morgan fingerprint density at radius 1 is 1.14 bits per heavy atom. The third-order valence-corrected chi connectivity index (χ3v) is 6.93. The number of hydrogen-bond acceptors (Lipinski definition) is 5. The predicted octanol–water partition coefficient (Wildman–Crippen LogP) is 3.49. The number of sulfonamides is 1. The molecule has 0 bridgehead atoms. The summed E-state index contributed by atoms with van der Waals surface area (Å²) in [6, 6.07) is 13.3. The van der Waals surface area contributed by atoms with Gasteiger partial charge in [-0.3, -0.25) is 13.9 Å². The summed E-state index contributed by atoms with van der Waals surface area (Å²) < 4.78 is 31.7. The van der Waals surface area contributed by atoms with E-state index in [1.54, 1.807) is 13.0 Å². The van der Waals surface area contributed by atoms with Crippen LogP contribution in [0.25, 0.3) is 0 Å². The summed E-state index contributed by atoms with van der Waals surface area (Å²) in [6.45, 7) is 3.92. The lowest BCUT2D eigenvalue weighted by atomic mass is 10.1. The third-order valence-electron chi connectivity index (χ3n) is 5.57. The fourth-order valence-electron chi connectivity index (χ4n) is 3.56. The van der Waals surface area contributed by atoms with Gasteiger partial charge < -0.3 is 15.0 Å². The monoisotopic (exact) mass is 523 g/mol. The van der Waals surface area contributed by atoms with Crippen molar-refractivity contribution in [1.82, 2.24) is 10.2 Å². The fourth-order valence-corrected chi connectivity index (χ4v) is 4.57. The molecule has 1 atom stereocenters. The van der Waals surface area contributed by atoms with Gasteiger partial charge in [0, 0.05) is 18.1 Å². The van der Waals surface area contributed by atoms with Crippen molar-refractivity contribution in [3.63, 3.8) is 0 Å². The van der Waals surface area contributed by atoms with Gasteiger partial charge in [-0.2, -0.15) is 0 Å². The van der Waals surface area contributed by atoms with Crippen LogP contribution in [0.3, 0.4) is 0 Å². The first-order valence-corrected chi connectivity index (χ1v) is 13.7. The van der Waals surface area contributed by atoms with E-state index in [0.717, 1.165) is 29.0 Å². The number of carbonyl (C=O) groups is 2. The summed E-state index contributed by atoms with van der Waals surface area (Å²) in [4.78, 5) is 27.7. The number of carbonyl (C=O) groups excluding carboxylic acids is 2. The first kappa shape index (κ1) is 28.5. The molecule has 0 aliphatic rings. The third kappa shape index (κ3) is 8.43. The van der Waals surface area contributed by atoms with Gasteiger partial charge in [-0.05, 0) is 43.5 Å². The van der Waals surface area contributed by atoms with Crippen molar-refractivity contribution in [2.75, 3.05) is 37.3 Å². The number of halogens is 1. The molecular formula is C25H34ClN3O5S. The van der Waals surface area contributed by atoms with E-state index in [1.165, 1.54) is 24.1 Å². The Bertz CT molecular complexity index is 1100. The molecule has 35 heavy (non-hydrogen) atoms.